The SMILES string of the molecule is I.Nc1[nH]c(=O)ncc1F. The van der Waals surface area contributed by atoms with Gasteiger partial charge in [0.1, 0.15) is 5.82 Å². The number of nitrogen functional groups attached to an aromatic ring is 1. The summed E-state index contributed by atoms with van der Waals surface area (Å²) in [5.74, 6) is -0.996. The molecule has 0 spiro atoms. The number of aromatic nitrogens is 2. The van der Waals surface area contributed by atoms with Crippen LogP contribution in [0.25, 0.3) is 0 Å². The summed E-state index contributed by atoms with van der Waals surface area (Å²) < 4.78 is 12.1. The molecule has 1 rings (SSSR count). The normalized spacial score (nSPS) is 8.50. The Morgan fingerprint density at radius 2 is 2.30 bits per heavy atom. The lowest BCUT2D eigenvalue weighted by Gasteiger charge is -1.89. The van der Waals surface area contributed by atoms with E-state index in [9.17, 15) is 9.18 Å². The zero-order valence-electron chi connectivity index (χ0n) is 4.80. The van der Waals surface area contributed by atoms with Crippen LogP contribution in [0.1, 0.15) is 0 Å². The highest BCUT2D eigenvalue weighted by molar-refractivity contribution is 14.0. The molecule has 0 amide bonds. The average Bonchev–Trinajstić information content (AvgIpc) is 1.80. The predicted molar refractivity (Wildman–Crippen MR) is 44.6 cm³/mol. The fourth-order valence-corrected chi connectivity index (χ4v) is 0.392. The molecule has 0 aliphatic heterocycles. The second kappa shape index (κ2) is 3.49. The number of hydrogen-bond donors (Lipinski definition) is 2. The molecule has 1 aromatic rings. The Hall–Kier alpha value is -0.660. The maximum absolute atomic E-state index is 12.1. The number of hydrogen-bond acceptors (Lipinski definition) is 3. The zero-order chi connectivity index (χ0) is 6.85. The van der Waals surface area contributed by atoms with E-state index in [4.69, 9.17) is 5.73 Å². The van der Waals surface area contributed by atoms with Crippen LogP contribution in [0.15, 0.2) is 11.0 Å². The second-order valence-corrected chi connectivity index (χ2v) is 1.45. The van der Waals surface area contributed by atoms with Gasteiger partial charge in [-0.25, -0.2) is 9.18 Å². The highest BCUT2D eigenvalue weighted by Gasteiger charge is 1.95. The van der Waals surface area contributed by atoms with E-state index in [2.05, 4.69) is 4.98 Å². The van der Waals surface area contributed by atoms with Gasteiger partial charge in [0, 0.05) is 0 Å². The molecule has 0 bridgehead atoms. The molecule has 4 nitrogen and oxygen atoms in total. The summed E-state index contributed by atoms with van der Waals surface area (Å²) >= 11 is 0. The Labute approximate surface area is 72.7 Å². The van der Waals surface area contributed by atoms with Crippen LogP contribution in [0, 0.1) is 5.82 Å². The van der Waals surface area contributed by atoms with Crippen LogP contribution >= 0.6 is 24.0 Å². The van der Waals surface area contributed by atoms with Gasteiger partial charge in [0.25, 0.3) is 0 Å². The van der Waals surface area contributed by atoms with Crippen LogP contribution in [-0.2, 0) is 0 Å². The van der Waals surface area contributed by atoms with E-state index in [-0.39, 0.29) is 29.8 Å². The molecule has 0 aliphatic carbocycles. The fourth-order valence-electron chi connectivity index (χ4n) is 0.392. The Morgan fingerprint density at radius 3 is 2.70 bits per heavy atom. The summed E-state index contributed by atoms with van der Waals surface area (Å²) in [4.78, 5) is 15.3. The van der Waals surface area contributed by atoms with Crippen LogP contribution in [0.4, 0.5) is 10.2 Å². The van der Waals surface area contributed by atoms with Gasteiger partial charge in [0.2, 0.25) is 0 Å². The molecule has 0 saturated heterocycles. The number of rotatable bonds is 0. The van der Waals surface area contributed by atoms with Crippen molar-refractivity contribution in [2.24, 2.45) is 0 Å². The van der Waals surface area contributed by atoms with E-state index in [1.807, 2.05) is 4.98 Å². The Kier molecular flexibility index (Phi) is 3.26. The molecule has 0 aromatic carbocycles. The van der Waals surface area contributed by atoms with Gasteiger partial charge in [0.15, 0.2) is 5.82 Å². The van der Waals surface area contributed by atoms with Crippen molar-refractivity contribution in [3.8, 4) is 0 Å². The zero-order valence-corrected chi connectivity index (χ0v) is 7.13. The lowest BCUT2D eigenvalue weighted by Crippen LogP contribution is -2.12. The number of halogens is 2. The van der Waals surface area contributed by atoms with Crippen molar-refractivity contribution in [2.45, 2.75) is 0 Å². The van der Waals surface area contributed by atoms with Crippen molar-refractivity contribution in [3.05, 3.63) is 22.5 Å². The molecule has 1 heterocycles. The molecule has 56 valence electrons. The molecule has 10 heavy (non-hydrogen) atoms. The summed E-state index contributed by atoms with van der Waals surface area (Å²) in [7, 11) is 0. The molecule has 1 aromatic heterocycles. The highest BCUT2D eigenvalue weighted by Crippen LogP contribution is 1.96. The molecule has 0 radical (unpaired) electrons. The van der Waals surface area contributed by atoms with Gasteiger partial charge in [-0.05, 0) is 0 Å². The third-order valence-electron chi connectivity index (χ3n) is 0.794. The van der Waals surface area contributed by atoms with E-state index in [1.54, 1.807) is 0 Å². The van der Waals surface area contributed by atoms with E-state index in [1.165, 1.54) is 0 Å². The molecule has 0 saturated carbocycles. The summed E-state index contributed by atoms with van der Waals surface area (Å²) in [5, 5.41) is 0. The van der Waals surface area contributed by atoms with Crippen molar-refractivity contribution < 1.29 is 4.39 Å². The molecule has 3 N–H and O–H groups in total. The molecule has 0 fully saturated rings. The Bertz CT molecular complexity index is 273. The maximum atomic E-state index is 12.1. The third-order valence-corrected chi connectivity index (χ3v) is 0.794. The first-order chi connectivity index (χ1) is 4.20. The third kappa shape index (κ3) is 1.94. The van der Waals surface area contributed by atoms with Crippen molar-refractivity contribution >= 4 is 29.8 Å². The minimum absolute atomic E-state index is 0. The number of nitrogens with zero attached hydrogens (tertiary/aromatic N) is 1. The van der Waals surface area contributed by atoms with Crippen LogP contribution in [0.5, 0.6) is 0 Å². The summed E-state index contributed by atoms with van der Waals surface area (Å²) in [5.41, 5.74) is 4.31. The Balaban J connectivity index is 0.000000810. The average molecular weight is 257 g/mol. The van der Waals surface area contributed by atoms with Gasteiger partial charge in [-0.3, -0.25) is 4.98 Å². The van der Waals surface area contributed by atoms with Crippen molar-refractivity contribution in [1.29, 1.82) is 0 Å². The van der Waals surface area contributed by atoms with Gasteiger partial charge < -0.3 is 5.73 Å². The minimum Gasteiger partial charge on any atom is -0.383 e. The van der Waals surface area contributed by atoms with Crippen LogP contribution in [0.3, 0.4) is 0 Å². The first kappa shape index (κ1) is 9.34. The maximum Gasteiger partial charge on any atom is 0.346 e. The number of H-pyrrole nitrogens is 1. The topological polar surface area (TPSA) is 71.8 Å². The van der Waals surface area contributed by atoms with Crippen molar-refractivity contribution in [1.82, 2.24) is 9.97 Å². The second-order valence-electron chi connectivity index (χ2n) is 1.45. The highest BCUT2D eigenvalue weighted by atomic mass is 127. The van der Waals surface area contributed by atoms with Gasteiger partial charge in [-0.1, -0.05) is 0 Å². The molecule has 6 heteroatoms. The monoisotopic (exact) mass is 257 g/mol. The van der Waals surface area contributed by atoms with Crippen molar-refractivity contribution in [2.75, 3.05) is 5.73 Å². The number of nitrogens with two attached hydrogens (primary N) is 1. The largest absolute Gasteiger partial charge is 0.383 e. The van der Waals surface area contributed by atoms with Crippen molar-refractivity contribution in [3.63, 3.8) is 0 Å². The standard InChI is InChI=1S/C4H4FN3O.HI/c5-2-1-7-4(9)8-3(2)6;/h1H,(H3,6,7,8,9);1H. The fraction of sp³-hybridized carbons (Fsp3) is 0. The first-order valence-corrected chi connectivity index (χ1v) is 2.20. The number of anilines is 1. The van der Waals surface area contributed by atoms with Crippen LogP contribution in [0.2, 0.25) is 0 Å². The summed E-state index contributed by atoms with van der Waals surface area (Å²) in [6.45, 7) is 0. The molecule has 0 unspecified atom stereocenters. The quantitative estimate of drug-likeness (QED) is 0.648. The summed E-state index contributed by atoms with van der Waals surface area (Å²) in [6, 6.07) is 0. The predicted octanol–water partition coefficient (Wildman–Crippen LogP) is 0.109. The lowest BCUT2D eigenvalue weighted by molar-refractivity contribution is 0.617. The Morgan fingerprint density at radius 1 is 1.70 bits per heavy atom. The summed E-state index contributed by atoms with van der Waals surface area (Å²) in [6.07, 6.45) is 0.772. The van der Waals surface area contributed by atoms with E-state index >= 15 is 0 Å². The molecule has 0 aliphatic rings. The van der Waals surface area contributed by atoms with Crippen LogP contribution in [-0.4, -0.2) is 9.97 Å². The number of aromatic amines is 1. The van der Waals surface area contributed by atoms with Gasteiger partial charge >= 0.3 is 5.69 Å². The molecular formula is C4H5FIN3O. The first-order valence-electron chi connectivity index (χ1n) is 2.20. The van der Waals surface area contributed by atoms with Gasteiger partial charge in [0.05, 0.1) is 6.20 Å². The van der Waals surface area contributed by atoms with E-state index in [0.29, 0.717) is 0 Å². The van der Waals surface area contributed by atoms with E-state index in [0.717, 1.165) is 6.20 Å². The van der Waals surface area contributed by atoms with E-state index < -0.39 is 11.5 Å². The smallest absolute Gasteiger partial charge is 0.346 e. The number of nitrogens with one attached hydrogen (secondary N) is 1. The van der Waals surface area contributed by atoms with Gasteiger partial charge in [-0.15, -0.1) is 24.0 Å². The van der Waals surface area contributed by atoms with Gasteiger partial charge in [-0.2, -0.15) is 4.98 Å². The molecule has 0 atom stereocenters. The lowest BCUT2D eigenvalue weighted by atomic mass is 10.6. The van der Waals surface area contributed by atoms with Crippen LogP contribution < -0.4 is 11.4 Å². The minimum atomic E-state index is -0.713. The molecular weight excluding hydrogens is 252 g/mol.